The number of aryl methyl sites for hydroxylation is 2. The molecule has 2 heterocycles. The zero-order valence-corrected chi connectivity index (χ0v) is 12.3. The highest BCUT2D eigenvalue weighted by Crippen LogP contribution is 2.20. The SMILES string of the molecule is Cc1cc2c(N(C)Cc3ccc(C)c(F)c3)nccn2n1. The predicted molar refractivity (Wildman–Crippen MR) is 81.0 cm³/mol. The van der Waals surface area contributed by atoms with Crippen molar-refractivity contribution in [3.05, 3.63) is 59.3 Å². The maximum absolute atomic E-state index is 13.6. The third-order valence-electron chi connectivity index (χ3n) is 3.51. The third-order valence-corrected chi connectivity index (χ3v) is 3.51. The van der Waals surface area contributed by atoms with Crippen molar-refractivity contribution in [2.24, 2.45) is 0 Å². The van der Waals surface area contributed by atoms with Gasteiger partial charge in [-0.05, 0) is 37.1 Å². The van der Waals surface area contributed by atoms with Crippen molar-refractivity contribution in [2.75, 3.05) is 11.9 Å². The largest absolute Gasteiger partial charge is 0.354 e. The van der Waals surface area contributed by atoms with Crippen LogP contribution in [0.2, 0.25) is 0 Å². The molecule has 5 heteroatoms. The Morgan fingerprint density at radius 2 is 2.05 bits per heavy atom. The summed E-state index contributed by atoms with van der Waals surface area (Å²) in [6.45, 7) is 4.31. The molecule has 0 amide bonds. The Balaban J connectivity index is 1.93. The average Bonchev–Trinajstić information content (AvgIpc) is 2.82. The molecule has 1 aromatic carbocycles. The highest BCUT2D eigenvalue weighted by Gasteiger charge is 2.11. The second kappa shape index (κ2) is 5.16. The number of halogens is 1. The highest BCUT2D eigenvalue weighted by atomic mass is 19.1. The van der Waals surface area contributed by atoms with Crippen LogP contribution in [0, 0.1) is 19.7 Å². The van der Waals surface area contributed by atoms with Gasteiger partial charge in [0.05, 0.1) is 5.69 Å². The molecule has 0 radical (unpaired) electrons. The van der Waals surface area contributed by atoms with Crippen LogP contribution in [0.1, 0.15) is 16.8 Å². The van der Waals surface area contributed by atoms with E-state index in [1.807, 2.05) is 41.7 Å². The summed E-state index contributed by atoms with van der Waals surface area (Å²) in [6.07, 6.45) is 3.55. The Morgan fingerprint density at radius 1 is 1.24 bits per heavy atom. The number of aromatic nitrogens is 3. The monoisotopic (exact) mass is 284 g/mol. The first-order valence-electron chi connectivity index (χ1n) is 6.82. The number of fused-ring (bicyclic) bond motifs is 1. The molecular formula is C16H17FN4. The minimum atomic E-state index is -0.174. The van der Waals surface area contributed by atoms with Gasteiger partial charge < -0.3 is 4.90 Å². The molecule has 108 valence electrons. The minimum absolute atomic E-state index is 0.174. The fourth-order valence-electron chi connectivity index (χ4n) is 2.41. The van der Waals surface area contributed by atoms with E-state index >= 15 is 0 Å². The number of hydrogen-bond donors (Lipinski definition) is 0. The van der Waals surface area contributed by atoms with E-state index in [1.165, 1.54) is 0 Å². The molecule has 2 aromatic heterocycles. The minimum Gasteiger partial charge on any atom is -0.354 e. The van der Waals surface area contributed by atoms with Crippen molar-refractivity contribution in [3.8, 4) is 0 Å². The summed E-state index contributed by atoms with van der Waals surface area (Å²) in [6, 6.07) is 7.31. The summed E-state index contributed by atoms with van der Waals surface area (Å²) >= 11 is 0. The van der Waals surface area contributed by atoms with Gasteiger partial charge in [-0.3, -0.25) is 0 Å². The standard InChI is InChI=1S/C16H17FN4/c1-11-4-5-13(9-14(11)17)10-20(3)16-15-8-12(2)19-21(15)7-6-18-16/h4-9H,10H2,1-3H3. The average molecular weight is 284 g/mol. The molecule has 0 unspecified atom stereocenters. The summed E-state index contributed by atoms with van der Waals surface area (Å²) in [7, 11) is 1.95. The third kappa shape index (κ3) is 2.59. The molecule has 0 aliphatic rings. The normalized spacial score (nSPS) is 11.0. The molecule has 0 saturated carbocycles. The summed E-state index contributed by atoms with van der Waals surface area (Å²) in [5.74, 6) is 0.659. The highest BCUT2D eigenvalue weighted by molar-refractivity contribution is 5.68. The molecule has 0 aliphatic heterocycles. The summed E-state index contributed by atoms with van der Waals surface area (Å²) < 4.78 is 15.4. The van der Waals surface area contributed by atoms with E-state index in [9.17, 15) is 4.39 Å². The number of anilines is 1. The van der Waals surface area contributed by atoms with Gasteiger partial charge in [0.25, 0.3) is 0 Å². The van der Waals surface area contributed by atoms with Crippen LogP contribution in [-0.4, -0.2) is 21.6 Å². The molecule has 0 fully saturated rings. The van der Waals surface area contributed by atoms with Gasteiger partial charge in [0.1, 0.15) is 11.3 Å². The zero-order valence-electron chi connectivity index (χ0n) is 12.3. The maximum Gasteiger partial charge on any atom is 0.154 e. The van der Waals surface area contributed by atoms with Gasteiger partial charge in [0, 0.05) is 26.0 Å². The van der Waals surface area contributed by atoms with Gasteiger partial charge in [0.2, 0.25) is 0 Å². The van der Waals surface area contributed by atoms with E-state index in [4.69, 9.17) is 0 Å². The Morgan fingerprint density at radius 3 is 2.81 bits per heavy atom. The van der Waals surface area contributed by atoms with Crippen molar-refractivity contribution < 1.29 is 4.39 Å². The lowest BCUT2D eigenvalue weighted by Crippen LogP contribution is -2.18. The van der Waals surface area contributed by atoms with E-state index in [2.05, 4.69) is 10.1 Å². The fourth-order valence-corrected chi connectivity index (χ4v) is 2.41. The quantitative estimate of drug-likeness (QED) is 0.741. The van der Waals surface area contributed by atoms with Crippen LogP contribution in [-0.2, 0) is 6.54 Å². The molecule has 0 aliphatic carbocycles. The van der Waals surface area contributed by atoms with E-state index in [-0.39, 0.29) is 5.82 Å². The van der Waals surface area contributed by atoms with Gasteiger partial charge in [0.15, 0.2) is 5.82 Å². The summed E-state index contributed by atoms with van der Waals surface area (Å²) in [5.41, 5.74) is 3.47. The number of rotatable bonds is 3. The maximum atomic E-state index is 13.6. The van der Waals surface area contributed by atoms with Crippen molar-refractivity contribution >= 4 is 11.3 Å². The predicted octanol–water partition coefficient (Wildman–Crippen LogP) is 3.12. The second-order valence-electron chi connectivity index (χ2n) is 5.31. The molecule has 3 rings (SSSR count). The van der Waals surface area contributed by atoms with Crippen LogP contribution in [0.15, 0.2) is 36.7 Å². The first-order chi connectivity index (χ1) is 10.0. The topological polar surface area (TPSA) is 33.4 Å². The van der Waals surface area contributed by atoms with E-state index in [0.29, 0.717) is 12.1 Å². The van der Waals surface area contributed by atoms with Crippen LogP contribution in [0.25, 0.3) is 5.52 Å². The molecule has 3 aromatic rings. The first kappa shape index (κ1) is 13.5. The van der Waals surface area contributed by atoms with Gasteiger partial charge in [-0.2, -0.15) is 5.10 Å². The molecule has 0 bridgehead atoms. The van der Waals surface area contributed by atoms with E-state index < -0.39 is 0 Å². The van der Waals surface area contributed by atoms with Crippen molar-refractivity contribution in [1.82, 2.24) is 14.6 Å². The lowest BCUT2D eigenvalue weighted by atomic mass is 10.1. The van der Waals surface area contributed by atoms with Gasteiger partial charge >= 0.3 is 0 Å². The van der Waals surface area contributed by atoms with Crippen molar-refractivity contribution in [3.63, 3.8) is 0 Å². The van der Waals surface area contributed by atoms with Crippen molar-refractivity contribution in [2.45, 2.75) is 20.4 Å². The molecule has 0 saturated heterocycles. The summed E-state index contributed by atoms with van der Waals surface area (Å²) in [5, 5.41) is 4.38. The number of benzene rings is 1. The fraction of sp³-hybridized carbons (Fsp3) is 0.250. The van der Waals surface area contributed by atoms with Crippen LogP contribution >= 0.6 is 0 Å². The Labute approximate surface area is 122 Å². The van der Waals surface area contributed by atoms with Crippen LogP contribution < -0.4 is 4.90 Å². The van der Waals surface area contributed by atoms with Gasteiger partial charge in [-0.1, -0.05) is 12.1 Å². The molecule has 4 nitrogen and oxygen atoms in total. The lowest BCUT2D eigenvalue weighted by Gasteiger charge is -2.19. The van der Waals surface area contributed by atoms with Crippen LogP contribution in [0.4, 0.5) is 10.2 Å². The summed E-state index contributed by atoms with van der Waals surface area (Å²) in [4.78, 5) is 6.43. The second-order valence-corrected chi connectivity index (χ2v) is 5.31. The molecule has 0 N–H and O–H groups in total. The number of hydrogen-bond acceptors (Lipinski definition) is 3. The Bertz CT molecular complexity index is 794. The first-order valence-corrected chi connectivity index (χ1v) is 6.82. The lowest BCUT2D eigenvalue weighted by molar-refractivity contribution is 0.615. The van der Waals surface area contributed by atoms with Crippen molar-refractivity contribution in [1.29, 1.82) is 0 Å². The van der Waals surface area contributed by atoms with E-state index in [0.717, 1.165) is 22.6 Å². The van der Waals surface area contributed by atoms with Crippen LogP contribution in [0.5, 0.6) is 0 Å². The Kier molecular flexibility index (Phi) is 3.33. The van der Waals surface area contributed by atoms with Crippen LogP contribution in [0.3, 0.4) is 0 Å². The molecule has 0 spiro atoms. The molecular weight excluding hydrogens is 267 g/mol. The van der Waals surface area contributed by atoms with Gasteiger partial charge in [-0.15, -0.1) is 0 Å². The number of nitrogens with zero attached hydrogens (tertiary/aromatic N) is 4. The molecule has 21 heavy (non-hydrogen) atoms. The molecule has 0 atom stereocenters. The van der Waals surface area contributed by atoms with E-state index in [1.54, 1.807) is 25.3 Å². The Hall–Kier alpha value is -2.43. The zero-order chi connectivity index (χ0) is 15.0. The smallest absolute Gasteiger partial charge is 0.154 e. The van der Waals surface area contributed by atoms with Gasteiger partial charge in [-0.25, -0.2) is 13.9 Å².